The molecule has 0 bridgehead atoms. The van der Waals surface area contributed by atoms with Crippen molar-refractivity contribution in [1.82, 2.24) is 4.90 Å². The quantitative estimate of drug-likeness (QED) is 0.865. The highest BCUT2D eigenvalue weighted by Gasteiger charge is 2.23. The first kappa shape index (κ1) is 12.6. The van der Waals surface area contributed by atoms with Gasteiger partial charge in [0.15, 0.2) is 0 Å². The Morgan fingerprint density at radius 3 is 2.35 bits per heavy atom. The molecule has 2 N–H and O–H groups in total. The Kier molecular flexibility index (Phi) is 4.57. The summed E-state index contributed by atoms with van der Waals surface area (Å²) >= 11 is 0. The molecule has 0 unspecified atom stereocenters. The maximum absolute atomic E-state index is 5.97. The van der Waals surface area contributed by atoms with Gasteiger partial charge < -0.3 is 5.73 Å². The molecule has 1 aliphatic carbocycles. The van der Waals surface area contributed by atoms with Gasteiger partial charge in [0.05, 0.1) is 0 Å². The first-order chi connectivity index (χ1) is 8.29. The van der Waals surface area contributed by atoms with Crippen LogP contribution in [0.2, 0.25) is 0 Å². The first-order valence-electron chi connectivity index (χ1n) is 6.83. The van der Waals surface area contributed by atoms with E-state index in [9.17, 15) is 0 Å². The predicted octanol–water partition coefficient (Wildman–Crippen LogP) is 2.78. The van der Waals surface area contributed by atoms with E-state index in [0.29, 0.717) is 6.04 Å². The third-order valence-corrected chi connectivity index (χ3v) is 3.89. The minimum Gasteiger partial charge on any atom is -0.328 e. The average molecular weight is 232 g/mol. The third-order valence-electron chi connectivity index (χ3n) is 3.89. The number of nitrogens with zero attached hydrogens (tertiary/aromatic N) is 1. The van der Waals surface area contributed by atoms with Gasteiger partial charge >= 0.3 is 0 Å². The van der Waals surface area contributed by atoms with Crippen molar-refractivity contribution in [3.05, 3.63) is 35.9 Å². The van der Waals surface area contributed by atoms with Gasteiger partial charge in [0, 0.05) is 18.6 Å². The number of benzene rings is 1. The largest absolute Gasteiger partial charge is 0.328 e. The molecule has 2 rings (SSSR count). The van der Waals surface area contributed by atoms with E-state index in [0.717, 1.165) is 19.1 Å². The van der Waals surface area contributed by atoms with Crippen LogP contribution in [0.3, 0.4) is 0 Å². The maximum atomic E-state index is 5.97. The van der Waals surface area contributed by atoms with Crippen LogP contribution in [0.4, 0.5) is 0 Å². The molecule has 0 heterocycles. The lowest BCUT2D eigenvalue weighted by Gasteiger charge is -2.35. The fraction of sp³-hybridized carbons (Fsp3) is 0.600. The normalized spacial score (nSPS) is 25.1. The van der Waals surface area contributed by atoms with Gasteiger partial charge in [-0.15, -0.1) is 0 Å². The van der Waals surface area contributed by atoms with Crippen molar-refractivity contribution in [3.8, 4) is 0 Å². The van der Waals surface area contributed by atoms with E-state index >= 15 is 0 Å². The molecule has 1 saturated carbocycles. The first-order valence-corrected chi connectivity index (χ1v) is 6.83. The zero-order chi connectivity index (χ0) is 12.1. The van der Waals surface area contributed by atoms with Gasteiger partial charge in [-0.05, 0) is 37.8 Å². The number of nitrogens with two attached hydrogens (primary N) is 1. The minimum atomic E-state index is 0.446. The van der Waals surface area contributed by atoms with E-state index in [-0.39, 0.29) is 0 Å². The van der Waals surface area contributed by atoms with E-state index in [4.69, 9.17) is 5.73 Å². The fourth-order valence-electron chi connectivity index (χ4n) is 2.78. The van der Waals surface area contributed by atoms with Gasteiger partial charge in [0.1, 0.15) is 0 Å². The smallest absolute Gasteiger partial charge is 0.0236 e. The highest BCUT2D eigenvalue weighted by atomic mass is 15.1. The molecule has 0 spiro atoms. The number of rotatable bonds is 4. The molecule has 0 aliphatic heterocycles. The van der Waals surface area contributed by atoms with Crippen LogP contribution < -0.4 is 5.73 Å². The van der Waals surface area contributed by atoms with Gasteiger partial charge in [-0.3, -0.25) is 4.90 Å². The zero-order valence-electron chi connectivity index (χ0n) is 10.8. The van der Waals surface area contributed by atoms with Crippen LogP contribution >= 0.6 is 0 Å². The van der Waals surface area contributed by atoms with E-state index in [1.165, 1.54) is 31.2 Å². The van der Waals surface area contributed by atoms with Crippen LogP contribution in [-0.2, 0) is 6.54 Å². The molecule has 94 valence electrons. The van der Waals surface area contributed by atoms with Crippen LogP contribution in [0.1, 0.15) is 38.2 Å². The molecule has 0 saturated heterocycles. The molecule has 2 nitrogen and oxygen atoms in total. The summed E-state index contributed by atoms with van der Waals surface area (Å²) in [6.45, 7) is 4.48. The van der Waals surface area contributed by atoms with Crippen LogP contribution in [0.5, 0.6) is 0 Å². The second-order valence-corrected chi connectivity index (χ2v) is 5.12. The summed E-state index contributed by atoms with van der Waals surface area (Å²) in [6, 6.07) is 12.0. The van der Waals surface area contributed by atoms with Crippen LogP contribution in [0, 0.1) is 0 Å². The Labute approximate surface area is 105 Å². The van der Waals surface area contributed by atoms with Gasteiger partial charge in [-0.25, -0.2) is 0 Å². The van der Waals surface area contributed by atoms with Crippen LogP contribution in [0.15, 0.2) is 30.3 Å². The summed E-state index contributed by atoms with van der Waals surface area (Å²) < 4.78 is 0. The summed E-state index contributed by atoms with van der Waals surface area (Å²) in [5.41, 5.74) is 7.39. The summed E-state index contributed by atoms with van der Waals surface area (Å²) in [5.74, 6) is 0. The maximum Gasteiger partial charge on any atom is 0.0236 e. The van der Waals surface area contributed by atoms with E-state index in [1.54, 1.807) is 0 Å². The lowest BCUT2D eigenvalue weighted by Crippen LogP contribution is -2.40. The Morgan fingerprint density at radius 1 is 1.12 bits per heavy atom. The standard InChI is InChI=1S/C15H24N2/c1-2-17(12-13-6-4-3-5-7-13)15-10-8-14(16)9-11-15/h3-7,14-15H,2,8-12,16H2,1H3. The molecular weight excluding hydrogens is 208 g/mol. The SMILES string of the molecule is CCN(Cc1ccccc1)C1CCC(N)CC1. The second kappa shape index (κ2) is 6.18. The average Bonchev–Trinajstić information content (AvgIpc) is 2.38. The number of hydrogen-bond acceptors (Lipinski definition) is 2. The Bertz CT molecular complexity index is 315. The van der Waals surface area contributed by atoms with Crippen molar-refractivity contribution < 1.29 is 0 Å². The molecule has 2 heteroatoms. The van der Waals surface area contributed by atoms with Crippen molar-refractivity contribution in [2.75, 3.05) is 6.54 Å². The van der Waals surface area contributed by atoms with Crippen molar-refractivity contribution in [1.29, 1.82) is 0 Å². The lowest BCUT2D eigenvalue weighted by atomic mass is 9.90. The summed E-state index contributed by atoms with van der Waals surface area (Å²) in [6.07, 6.45) is 4.91. The molecule has 1 aromatic carbocycles. The highest BCUT2D eigenvalue weighted by Crippen LogP contribution is 2.23. The Morgan fingerprint density at radius 2 is 1.76 bits per heavy atom. The topological polar surface area (TPSA) is 29.3 Å². The van der Waals surface area contributed by atoms with Gasteiger partial charge in [0.25, 0.3) is 0 Å². The van der Waals surface area contributed by atoms with Crippen molar-refractivity contribution >= 4 is 0 Å². The minimum absolute atomic E-state index is 0.446. The third kappa shape index (κ3) is 3.55. The Balaban J connectivity index is 1.92. The molecule has 1 aromatic rings. The van der Waals surface area contributed by atoms with E-state index < -0.39 is 0 Å². The molecular formula is C15H24N2. The second-order valence-electron chi connectivity index (χ2n) is 5.12. The van der Waals surface area contributed by atoms with E-state index in [2.05, 4.69) is 42.2 Å². The lowest BCUT2D eigenvalue weighted by molar-refractivity contribution is 0.149. The predicted molar refractivity (Wildman–Crippen MR) is 72.8 cm³/mol. The Hall–Kier alpha value is -0.860. The van der Waals surface area contributed by atoms with Crippen LogP contribution in [0.25, 0.3) is 0 Å². The zero-order valence-corrected chi connectivity index (χ0v) is 10.8. The monoisotopic (exact) mass is 232 g/mol. The fourth-order valence-corrected chi connectivity index (χ4v) is 2.78. The van der Waals surface area contributed by atoms with Gasteiger partial charge in [-0.2, -0.15) is 0 Å². The van der Waals surface area contributed by atoms with Crippen molar-refractivity contribution in [3.63, 3.8) is 0 Å². The molecule has 0 aromatic heterocycles. The summed E-state index contributed by atoms with van der Waals surface area (Å²) in [5, 5.41) is 0. The molecule has 1 fully saturated rings. The molecule has 0 radical (unpaired) electrons. The van der Waals surface area contributed by atoms with Gasteiger partial charge in [0.2, 0.25) is 0 Å². The van der Waals surface area contributed by atoms with Crippen molar-refractivity contribution in [2.45, 2.75) is 51.2 Å². The van der Waals surface area contributed by atoms with E-state index in [1.807, 2.05) is 0 Å². The van der Waals surface area contributed by atoms with Crippen molar-refractivity contribution in [2.24, 2.45) is 5.73 Å². The van der Waals surface area contributed by atoms with Gasteiger partial charge in [-0.1, -0.05) is 37.3 Å². The summed E-state index contributed by atoms with van der Waals surface area (Å²) in [7, 11) is 0. The van der Waals surface area contributed by atoms with Crippen LogP contribution in [-0.4, -0.2) is 23.5 Å². The molecule has 0 atom stereocenters. The summed E-state index contributed by atoms with van der Waals surface area (Å²) in [4.78, 5) is 2.60. The molecule has 1 aliphatic rings. The molecule has 0 amide bonds. The number of hydrogen-bond donors (Lipinski definition) is 1. The highest BCUT2D eigenvalue weighted by molar-refractivity contribution is 5.14. The molecule has 17 heavy (non-hydrogen) atoms.